The van der Waals surface area contributed by atoms with Gasteiger partial charge >= 0.3 is 11.9 Å². The normalized spacial score (nSPS) is 10.5. The molecule has 2 rings (SSSR count). The Balaban J connectivity index is 1.80. The van der Waals surface area contributed by atoms with Crippen LogP contribution < -0.4 is 4.74 Å². The molecule has 0 bridgehead atoms. The van der Waals surface area contributed by atoms with Gasteiger partial charge in [0.2, 0.25) is 0 Å². The summed E-state index contributed by atoms with van der Waals surface area (Å²) in [6.07, 6.45) is 2.93. The number of unbranched alkanes of at least 4 members (excludes halogenated alkanes) is 1. The third-order valence-electron chi connectivity index (χ3n) is 4.10. The first-order valence-corrected chi connectivity index (χ1v) is 9.69. The summed E-state index contributed by atoms with van der Waals surface area (Å²) in [6.45, 7) is 5.00. The van der Waals surface area contributed by atoms with Gasteiger partial charge in [0, 0.05) is 0 Å². The van der Waals surface area contributed by atoms with E-state index in [1.165, 1.54) is 0 Å². The van der Waals surface area contributed by atoms with Crippen LogP contribution in [0.2, 0.25) is 0 Å². The van der Waals surface area contributed by atoms with Crippen LogP contribution in [-0.4, -0.2) is 31.8 Å². The molecule has 0 aromatic heterocycles. The molecule has 0 radical (unpaired) electrons. The second-order valence-corrected chi connectivity index (χ2v) is 6.87. The van der Waals surface area contributed by atoms with Crippen LogP contribution in [0.25, 0.3) is 0 Å². The Bertz CT molecular complexity index is 740. The standard InChI is InChI=1S/C23H28O5/c1-18(2)10-8-9-15-27-22(24)20-13-6-7-14-21(20)23(25)28-17-16-26-19-11-4-3-5-12-19/h3-7,11-14,18H,8-10,15-17H2,1-2H3. The van der Waals surface area contributed by atoms with Crippen molar-refractivity contribution >= 4 is 11.9 Å². The second kappa shape index (κ2) is 11.8. The van der Waals surface area contributed by atoms with Crippen molar-refractivity contribution in [3.63, 3.8) is 0 Å². The van der Waals surface area contributed by atoms with E-state index in [-0.39, 0.29) is 24.3 Å². The van der Waals surface area contributed by atoms with Crippen LogP contribution in [0.1, 0.15) is 53.8 Å². The van der Waals surface area contributed by atoms with Gasteiger partial charge in [0.25, 0.3) is 0 Å². The molecule has 0 aliphatic carbocycles. The second-order valence-electron chi connectivity index (χ2n) is 6.87. The van der Waals surface area contributed by atoms with Crippen LogP contribution in [0, 0.1) is 5.92 Å². The molecule has 150 valence electrons. The maximum atomic E-state index is 12.3. The zero-order chi connectivity index (χ0) is 20.2. The molecule has 0 saturated carbocycles. The Morgan fingerprint density at radius 1 is 0.750 bits per heavy atom. The maximum absolute atomic E-state index is 12.3. The molecule has 0 fully saturated rings. The molecule has 0 saturated heterocycles. The molecule has 5 nitrogen and oxygen atoms in total. The van der Waals surface area contributed by atoms with Crippen LogP contribution in [0.15, 0.2) is 54.6 Å². The van der Waals surface area contributed by atoms with Gasteiger partial charge in [-0.15, -0.1) is 0 Å². The smallest absolute Gasteiger partial charge is 0.339 e. The Morgan fingerprint density at radius 2 is 1.32 bits per heavy atom. The Kier molecular flexibility index (Phi) is 9.05. The van der Waals surface area contributed by atoms with E-state index in [0.29, 0.717) is 18.3 Å². The number of rotatable bonds is 11. The van der Waals surface area contributed by atoms with Crippen LogP contribution in [0.3, 0.4) is 0 Å². The summed E-state index contributed by atoms with van der Waals surface area (Å²) in [5.41, 5.74) is 0.426. The fourth-order valence-electron chi connectivity index (χ4n) is 2.62. The van der Waals surface area contributed by atoms with Gasteiger partial charge in [-0.1, -0.05) is 50.6 Å². The monoisotopic (exact) mass is 384 g/mol. The summed E-state index contributed by atoms with van der Waals surface area (Å²) in [7, 11) is 0. The van der Waals surface area contributed by atoms with Crippen molar-refractivity contribution in [1.82, 2.24) is 0 Å². The third kappa shape index (κ3) is 7.43. The number of ether oxygens (including phenoxy) is 3. The number of hydrogen-bond acceptors (Lipinski definition) is 5. The molecule has 0 atom stereocenters. The topological polar surface area (TPSA) is 61.8 Å². The fraction of sp³-hybridized carbons (Fsp3) is 0.391. The van der Waals surface area contributed by atoms with Crippen molar-refractivity contribution < 1.29 is 23.8 Å². The van der Waals surface area contributed by atoms with Crippen LogP contribution in [0.4, 0.5) is 0 Å². The highest BCUT2D eigenvalue weighted by atomic mass is 16.6. The summed E-state index contributed by atoms with van der Waals surface area (Å²) in [5, 5.41) is 0. The predicted octanol–water partition coefficient (Wildman–Crippen LogP) is 4.91. The first-order valence-electron chi connectivity index (χ1n) is 9.69. The SMILES string of the molecule is CC(C)CCCCOC(=O)c1ccccc1C(=O)OCCOc1ccccc1. The van der Waals surface area contributed by atoms with Crippen LogP contribution in [-0.2, 0) is 9.47 Å². The maximum Gasteiger partial charge on any atom is 0.339 e. The van der Waals surface area contributed by atoms with Crippen molar-refractivity contribution in [2.45, 2.75) is 33.1 Å². The minimum atomic E-state index is -0.566. The van der Waals surface area contributed by atoms with Crippen molar-refractivity contribution in [3.8, 4) is 5.75 Å². The van der Waals surface area contributed by atoms with E-state index in [2.05, 4.69) is 13.8 Å². The van der Waals surface area contributed by atoms with Gasteiger partial charge in [-0.05, 0) is 43.0 Å². The fourth-order valence-corrected chi connectivity index (χ4v) is 2.62. The van der Waals surface area contributed by atoms with Crippen LogP contribution in [0.5, 0.6) is 5.75 Å². The lowest BCUT2D eigenvalue weighted by molar-refractivity contribution is 0.0422. The molecule has 2 aromatic carbocycles. The zero-order valence-electron chi connectivity index (χ0n) is 16.6. The third-order valence-corrected chi connectivity index (χ3v) is 4.10. The summed E-state index contributed by atoms with van der Waals surface area (Å²) < 4.78 is 16.0. The summed E-state index contributed by atoms with van der Waals surface area (Å²) in [6, 6.07) is 15.8. The highest BCUT2D eigenvalue weighted by molar-refractivity contribution is 6.03. The Labute approximate surface area is 166 Å². The average Bonchev–Trinajstić information content (AvgIpc) is 2.71. The highest BCUT2D eigenvalue weighted by Gasteiger charge is 2.18. The van der Waals surface area contributed by atoms with Crippen LogP contribution >= 0.6 is 0 Å². The lowest BCUT2D eigenvalue weighted by Crippen LogP contribution is -2.17. The molecule has 0 aliphatic rings. The number of esters is 2. The molecule has 0 amide bonds. The van der Waals surface area contributed by atoms with E-state index in [9.17, 15) is 9.59 Å². The van der Waals surface area contributed by atoms with Crippen molar-refractivity contribution in [3.05, 3.63) is 65.7 Å². The first-order chi connectivity index (χ1) is 13.6. The Morgan fingerprint density at radius 3 is 1.93 bits per heavy atom. The number of hydrogen-bond donors (Lipinski definition) is 0. The largest absolute Gasteiger partial charge is 0.490 e. The van der Waals surface area contributed by atoms with Gasteiger partial charge in [-0.3, -0.25) is 0 Å². The number of carbonyl (C=O) groups excluding carboxylic acids is 2. The highest BCUT2D eigenvalue weighted by Crippen LogP contribution is 2.13. The summed E-state index contributed by atoms with van der Waals surface area (Å²) in [4.78, 5) is 24.7. The summed E-state index contributed by atoms with van der Waals surface area (Å²) in [5.74, 6) is 0.277. The van der Waals surface area contributed by atoms with E-state index in [1.54, 1.807) is 24.3 Å². The minimum Gasteiger partial charge on any atom is -0.490 e. The van der Waals surface area contributed by atoms with E-state index in [0.717, 1.165) is 19.3 Å². The van der Waals surface area contributed by atoms with Crippen molar-refractivity contribution in [2.75, 3.05) is 19.8 Å². The number of para-hydroxylation sites is 1. The minimum absolute atomic E-state index is 0.0896. The van der Waals surface area contributed by atoms with E-state index < -0.39 is 11.9 Å². The van der Waals surface area contributed by atoms with Gasteiger partial charge < -0.3 is 14.2 Å². The lowest BCUT2D eigenvalue weighted by atomic mass is 10.1. The van der Waals surface area contributed by atoms with Gasteiger partial charge in [-0.2, -0.15) is 0 Å². The first kappa shape index (κ1) is 21.5. The van der Waals surface area contributed by atoms with Gasteiger partial charge in [0.05, 0.1) is 17.7 Å². The van der Waals surface area contributed by atoms with Gasteiger partial charge in [-0.25, -0.2) is 9.59 Å². The van der Waals surface area contributed by atoms with Crippen molar-refractivity contribution in [1.29, 1.82) is 0 Å². The molecular formula is C23H28O5. The van der Waals surface area contributed by atoms with Gasteiger partial charge in [0.1, 0.15) is 19.0 Å². The average molecular weight is 384 g/mol. The molecule has 0 aliphatic heterocycles. The quantitative estimate of drug-likeness (QED) is 0.407. The molecule has 0 heterocycles. The molecule has 2 aromatic rings. The predicted molar refractivity (Wildman–Crippen MR) is 108 cm³/mol. The van der Waals surface area contributed by atoms with E-state index in [4.69, 9.17) is 14.2 Å². The summed E-state index contributed by atoms with van der Waals surface area (Å²) >= 11 is 0. The van der Waals surface area contributed by atoms with Gasteiger partial charge in [0.15, 0.2) is 0 Å². The number of benzene rings is 2. The lowest BCUT2D eigenvalue weighted by Gasteiger charge is -2.11. The molecular weight excluding hydrogens is 356 g/mol. The van der Waals surface area contributed by atoms with Crippen molar-refractivity contribution in [2.24, 2.45) is 5.92 Å². The zero-order valence-corrected chi connectivity index (χ0v) is 16.6. The molecule has 0 N–H and O–H groups in total. The van der Waals surface area contributed by atoms with E-state index in [1.807, 2.05) is 30.3 Å². The molecule has 5 heteroatoms. The van der Waals surface area contributed by atoms with E-state index >= 15 is 0 Å². The molecule has 28 heavy (non-hydrogen) atoms. The molecule has 0 unspecified atom stereocenters. The Hall–Kier alpha value is -2.82. The number of carbonyl (C=O) groups is 2. The molecule has 0 spiro atoms.